The molecule has 0 saturated carbocycles. The van der Waals surface area contributed by atoms with Gasteiger partial charge in [-0.3, -0.25) is 9.59 Å². The lowest BCUT2D eigenvalue weighted by Crippen LogP contribution is -2.30. The Labute approximate surface area is 145 Å². The summed E-state index contributed by atoms with van der Waals surface area (Å²) in [6.07, 6.45) is -1.06. The first kappa shape index (κ1) is 18.2. The zero-order valence-corrected chi connectivity index (χ0v) is 14.2. The number of phenolic OH excluding ortho intramolecular Hbond substituents is 1. The summed E-state index contributed by atoms with van der Waals surface area (Å²) in [6.45, 7) is 4.55. The van der Waals surface area contributed by atoms with Crippen LogP contribution >= 0.6 is 0 Å². The van der Waals surface area contributed by atoms with Crippen molar-refractivity contribution < 1.29 is 24.2 Å². The topological polar surface area (TPSA) is 92.7 Å². The van der Waals surface area contributed by atoms with E-state index in [1.165, 1.54) is 19.9 Å². The Balaban J connectivity index is 2.01. The number of ketones is 1. The second-order valence-electron chi connectivity index (χ2n) is 5.64. The van der Waals surface area contributed by atoms with Crippen LogP contribution in [-0.4, -0.2) is 28.9 Å². The van der Waals surface area contributed by atoms with Gasteiger partial charge in [0.15, 0.2) is 11.9 Å². The standard InChI is InChI=1S/C19H19NO5/c1-11-5-4-6-16(17(11)22)19(24)25-13(3)18(23)20-15-9-7-14(8-10-15)12(2)21/h4-10,13,22H,1-3H3,(H,20,23)/t13-/m1/s1. The number of carbonyl (C=O) groups excluding carboxylic acids is 3. The van der Waals surface area contributed by atoms with Crippen LogP contribution in [0.15, 0.2) is 42.5 Å². The monoisotopic (exact) mass is 341 g/mol. The second-order valence-corrected chi connectivity index (χ2v) is 5.64. The quantitative estimate of drug-likeness (QED) is 0.644. The van der Waals surface area contributed by atoms with Gasteiger partial charge in [-0.05, 0) is 56.7 Å². The lowest BCUT2D eigenvalue weighted by Gasteiger charge is -2.14. The van der Waals surface area contributed by atoms with Crippen molar-refractivity contribution >= 4 is 23.3 Å². The van der Waals surface area contributed by atoms with Gasteiger partial charge in [-0.1, -0.05) is 12.1 Å². The van der Waals surface area contributed by atoms with Gasteiger partial charge in [0.2, 0.25) is 0 Å². The Morgan fingerprint density at radius 3 is 2.32 bits per heavy atom. The minimum absolute atomic E-state index is 0.00506. The molecule has 25 heavy (non-hydrogen) atoms. The van der Waals surface area contributed by atoms with Crippen LogP contribution in [0.25, 0.3) is 0 Å². The number of carbonyl (C=O) groups is 3. The van der Waals surface area contributed by atoms with E-state index < -0.39 is 18.0 Å². The Hall–Kier alpha value is -3.15. The fourth-order valence-corrected chi connectivity index (χ4v) is 2.13. The lowest BCUT2D eigenvalue weighted by atomic mass is 10.1. The van der Waals surface area contributed by atoms with Crippen LogP contribution in [0.3, 0.4) is 0 Å². The largest absolute Gasteiger partial charge is 0.507 e. The summed E-state index contributed by atoms with van der Waals surface area (Å²) in [4.78, 5) is 35.5. The molecule has 0 aliphatic carbocycles. The van der Waals surface area contributed by atoms with Gasteiger partial charge in [-0.15, -0.1) is 0 Å². The van der Waals surface area contributed by atoms with E-state index in [4.69, 9.17) is 4.74 Å². The number of aryl methyl sites for hydroxylation is 1. The summed E-state index contributed by atoms with van der Waals surface area (Å²) in [5, 5.41) is 12.5. The fraction of sp³-hybridized carbons (Fsp3) is 0.211. The van der Waals surface area contributed by atoms with Crippen molar-refractivity contribution in [2.45, 2.75) is 26.9 Å². The van der Waals surface area contributed by atoms with Gasteiger partial charge in [0.05, 0.1) is 0 Å². The number of anilines is 1. The predicted octanol–water partition coefficient (Wildman–Crippen LogP) is 3.09. The minimum atomic E-state index is -1.06. The number of aromatic hydroxyl groups is 1. The maximum Gasteiger partial charge on any atom is 0.342 e. The molecule has 0 radical (unpaired) electrons. The van der Waals surface area contributed by atoms with Gasteiger partial charge in [0.1, 0.15) is 11.3 Å². The Morgan fingerprint density at radius 2 is 1.72 bits per heavy atom. The van der Waals surface area contributed by atoms with Gasteiger partial charge >= 0.3 is 5.97 Å². The first-order valence-corrected chi connectivity index (χ1v) is 7.71. The molecule has 0 heterocycles. The van der Waals surface area contributed by atoms with Gasteiger partial charge in [0.25, 0.3) is 5.91 Å². The molecule has 2 rings (SSSR count). The number of para-hydroxylation sites is 1. The summed E-state index contributed by atoms with van der Waals surface area (Å²) in [5.41, 5.74) is 1.56. The highest BCUT2D eigenvalue weighted by Gasteiger charge is 2.21. The summed E-state index contributed by atoms with van der Waals surface area (Å²) in [5.74, 6) is -1.54. The second kappa shape index (κ2) is 7.61. The van der Waals surface area contributed by atoms with Crippen LogP contribution in [0.1, 0.15) is 40.1 Å². The van der Waals surface area contributed by atoms with Crippen LogP contribution < -0.4 is 5.32 Å². The van der Waals surface area contributed by atoms with Crippen LogP contribution in [0.4, 0.5) is 5.69 Å². The minimum Gasteiger partial charge on any atom is -0.507 e. The smallest absolute Gasteiger partial charge is 0.342 e. The molecule has 0 unspecified atom stereocenters. The zero-order chi connectivity index (χ0) is 18.6. The average Bonchev–Trinajstić information content (AvgIpc) is 2.57. The molecule has 0 fully saturated rings. The molecule has 2 aromatic carbocycles. The number of hydrogen-bond acceptors (Lipinski definition) is 5. The van der Waals surface area contributed by atoms with Crippen LogP contribution in [0.2, 0.25) is 0 Å². The molecule has 0 aliphatic heterocycles. The van der Waals surface area contributed by atoms with Gasteiger partial charge in [-0.2, -0.15) is 0 Å². The van der Waals surface area contributed by atoms with E-state index in [0.29, 0.717) is 16.8 Å². The molecule has 1 atom stereocenters. The summed E-state index contributed by atoms with van der Waals surface area (Å²) < 4.78 is 5.10. The number of nitrogens with one attached hydrogen (secondary N) is 1. The maximum atomic E-state index is 12.1. The van der Waals surface area contributed by atoms with E-state index in [1.807, 2.05) is 0 Å². The Kier molecular flexibility index (Phi) is 5.54. The highest BCUT2D eigenvalue weighted by molar-refractivity contribution is 5.99. The maximum absolute atomic E-state index is 12.1. The van der Waals surface area contributed by atoms with Crippen LogP contribution in [0.5, 0.6) is 5.75 Å². The average molecular weight is 341 g/mol. The van der Waals surface area contributed by atoms with Crippen molar-refractivity contribution in [3.05, 3.63) is 59.2 Å². The molecule has 0 bridgehead atoms. The first-order valence-electron chi connectivity index (χ1n) is 7.71. The molecule has 0 spiro atoms. The zero-order valence-electron chi connectivity index (χ0n) is 14.2. The molecular weight excluding hydrogens is 322 g/mol. The highest BCUT2D eigenvalue weighted by atomic mass is 16.5. The van der Waals surface area contributed by atoms with Gasteiger partial charge in [0, 0.05) is 11.3 Å². The molecule has 2 N–H and O–H groups in total. The van der Waals surface area contributed by atoms with Crippen LogP contribution in [0, 0.1) is 6.92 Å². The van der Waals surface area contributed by atoms with Gasteiger partial charge in [-0.25, -0.2) is 4.79 Å². The number of amides is 1. The Morgan fingerprint density at radius 1 is 1.08 bits per heavy atom. The number of Topliss-reactive ketones (excluding diaryl/α,β-unsaturated/α-hetero) is 1. The highest BCUT2D eigenvalue weighted by Crippen LogP contribution is 2.22. The van der Waals surface area contributed by atoms with Crippen molar-refractivity contribution in [2.24, 2.45) is 0 Å². The number of hydrogen-bond donors (Lipinski definition) is 2. The molecule has 1 amide bonds. The number of rotatable bonds is 5. The number of ether oxygens (including phenoxy) is 1. The lowest BCUT2D eigenvalue weighted by molar-refractivity contribution is -0.123. The van der Waals surface area contributed by atoms with Crippen LogP contribution in [-0.2, 0) is 9.53 Å². The molecule has 6 nitrogen and oxygen atoms in total. The normalized spacial score (nSPS) is 11.5. The van der Waals surface area contributed by atoms with E-state index >= 15 is 0 Å². The SMILES string of the molecule is CC(=O)c1ccc(NC(=O)[C@@H](C)OC(=O)c2cccc(C)c2O)cc1. The molecule has 130 valence electrons. The fourth-order valence-electron chi connectivity index (χ4n) is 2.13. The summed E-state index contributed by atoms with van der Waals surface area (Å²) in [7, 11) is 0. The molecule has 0 saturated heterocycles. The van der Waals surface area contributed by atoms with E-state index in [9.17, 15) is 19.5 Å². The van der Waals surface area contributed by atoms with Crippen molar-refractivity contribution in [3.8, 4) is 5.75 Å². The number of benzene rings is 2. The third-order valence-electron chi connectivity index (χ3n) is 3.67. The third-order valence-corrected chi connectivity index (χ3v) is 3.67. The Bertz CT molecular complexity index is 811. The number of esters is 1. The molecular formula is C19H19NO5. The van der Waals surface area contributed by atoms with Crippen molar-refractivity contribution in [1.82, 2.24) is 0 Å². The van der Waals surface area contributed by atoms with Crippen molar-refractivity contribution in [2.75, 3.05) is 5.32 Å². The summed E-state index contributed by atoms with van der Waals surface area (Å²) >= 11 is 0. The molecule has 6 heteroatoms. The molecule has 2 aromatic rings. The van der Waals surface area contributed by atoms with E-state index in [1.54, 1.807) is 43.3 Å². The van der Waals surface area contributed by atoms with Crippen molar-refractivity contribution in [3.63, 3.8) is 0 Å². The van der Waals surface area contributed by atoms with E-state index in [2.05, 4.69) is 5.32 Å². The predicted molar refractivity (Wildman–Crippen MR) is 92.8 cm³/mol. The molecule has 0 aliphatic rings. The van der Waals surface area contributed by atoms with Gasteiger partial charge < -0.3 is 15.2 Å². The first-order chi connectivity index (χ1) is 11.8. The summed E-state index contributed by atoms with van der Waals surface area (Å²) in [6, 6.07) is 11.1. The van der Waals surface area contributed by atoms with E-state index in [-0.39, 0.29) is 17.1 Å². The molecule has 0 aromatic heterocycles. The number of phenols is 1. The van der Waals surface area contributed by atoms with Crippen molar-refractivity contribution in [1.29, 1.82) is 0 Å². The third kappa shape index (κ3) is 4.44. The van der Waals surface area contributed by atoms with E-state index in [0.717, 1.165) is 0 Å².